The molecule has 0 aliphatic carbocycles. The zero-order chi connectivity index (χ0) is 15.6. The van der Waals surface area contributed by atoms with Crippen LogP contribution in [-0.2, 0) is 10.0 Å². The van der Waals surface area contributed by atoms with Gasteiger partial charge in [0.15, 0.2) is 0 Å². The normalized spacial score (nSPS) is 20.5. The summed E-state index contributed by atoms with van der Waals surface area (Å²) in [4.78, 5) is 0.392. The first kappa shape index (κ1) is 16.3. The average molecular weight is 312 g/mol. The molecule has 5 nitrogen and oxygen atoms in total. The van der Waals surface area contributed by atoms with Crippen LogP contribution in [0.4, 0.5) is 0 Å². The predicted molar refractivity (Wildman–Crippen MR) is 83.1 cm³/mol. The lowest BCUT2D eigenvalue weighted by molar-refractivity contribution is 0.257. The maximum atomic E-state index is 13.0. The van der Waals surface area contributed by atoms with Gasteiger partial charge in [-0.15, -0.1) is 0 Å². The number of benzene rings is 1. The summed E-state index contributed by atoms with van der Waals surface area (Å²) >= 11 is 0. The number of nitrogens with zero attached hydrogens (tertiary/aromatic N) is 1. The Morgan fingerprint density at radius 1 is 1.29 bits per heavy atom. The molecule has 0 spiro atoms. The van der Waals surface area contributed by atoms with Crippen molar-refractivity contribution in [3.63, 3.8) is 0 Å². The van der Waals surface area contributed by atoms with E-state index in [2.05, 4.69) is 0 Å². The number of hydrogen-bond acceptors (Lipinski definition) is 4. The molecule has 1 aliphatic heterocycles. The smallest absolute Gasteiger partial charge is 0.243 e. The fraction of sp³-hybridized carbons (Fsp3) is 0.600. The minimum Gasteiger partial charge on any atom is -0.497 e. The van der Waals surface area contributed by atoms with Crippen LogP contribution in [0.15, 0.2) is 17.0 Å². The maximum Gasteiger partial charge on any atom is 0.243 e. The van der Waals surface area contributed by atoms with Crippen LogP contribution in [0, 0.1) is 13.8 Å². The summed E-state index contributed by atoms with van der Waals surface area (Å²) in [6, 6.07) is 3.44. The van der Waals surface area contributed by atoms with Crippen LogP contribution in [0.25, 0.3) is 0 Å². The molecule has 1 atom stereocenters. The molecule has 118 valence electrons. The molecule has 1 unspecified atom stereocenters. The molecular formula is C15H24N2O3S. The monoisotopic (exact) mass is 312 g/mol. The fourth-order valence-electron chi connectivity index (χ4n) is 3.08. The van der Waals surface area contributed by atoms with E-state index in [4.69, 9.17) is 10.5 Å². The molecule has 0 saturated carbocycles. The molecule has 0 amide bonds. The van der Waals surface area contributed by atoms with E-state index in [0.717, 1.165) is 19.3 Å². The standard InChI is InChI=1S/C15H24N2O3S/c1-11-8-14(20-3)9-12(2)15(11)21(18,19)17-7-5-4-6-13(17)10-16/h8-9,13H,4-7,10,16H2,1-3H3. The van der Waals surface area contributed by atoms with Gasteiger partial charge in [0.05, 0.1) is 12.0 Å². The number of sulfonamides is 1. The largest absolute Gasteiger partial charge is 0.497 e. The minimum absolute atomic E-state index is 0.0929. The highest BCUT2D eigenvalue weighted by atomic mass is 32.2. The summed E-state index contributed by atoms with van der Waals surface area (Å²) in [6.45, 7) is 4.54. The van der Waals surface area contributed by atoms with Crippen LogP contribution in [0.2, 0.25) is 0 Å². The van der Waals surface area contributed by atoms with Crippen molar-refractivity contribution in [3.8, 4) is 5.75 Å². The number of rotatable bonds is 4. The summed E-state index contributed by atoms with van der Waals surface area (Å²) < 4.78 is 32.8. The zero-order valence-electron chi connectivity index (χ0n) is 12.9. The van der Waals surface area contributed by atoms with E-state index in [1.165, 1.54) is 0 Å². The number of aryl methyl sites for hydroxylation is 2. The maximum absolute atomic E-state index is 13.0. The molecule has 1 heterocycles. The van der Waals surface area contributed by atoms with Gasteiger partial charge in [-0.2, -0.15) is 4.31 Å². The van der Waals surface area contributed by atoms with Crippen molar-refractivity contribution in [2.24, 2.45) is 5.73 Å². The van der Waals surface area contributed by atoms with Gasteiger partial charge >= 0.3 is 0 Å². The highest BCUT2D eigenvalue weighted by Gasteiger charge is 2.34. The molecule has 1 saturated heterocycles. The quantitative estimate of drug-likeness (QED) is 0.920. The molecule has 1 fully saturated rings. The SMILES string of the molecule is COc1cc(C)c(S(=O)(=O)N2CCCCC2CN)c(C)c1. The van der Waals surface area contributed by atoms with Crippen LogP contribution < -0.4 is 10.5 Å². The Hall–Kier alpha value is -1.11. The molecule has 0 aromatic heterocycles. The Morgan fingerprint density at radius 3 is 2.43 bits per heavy atom. The van der Waals surface area contributed by atoms with Crippen molar-refractivity contribution >= 4 is 10.0 Å². The summed E-state index contributed by atoms with van der Waals surface area (Å²) in [5.41, 5.74) is 7.20. The average Bonchev–Trinajstić information content (AvgIpc) is 2.46. The third-order valence-corrected chi connectivity index (χ3v) is 6.34. The van der Waals surface area contributed by atoms with Gasteiger partial charge in [-0.05, 0) is 49.9 Å². The van der Waals surface area contributed by atoms with Gasteiger partial charge in [-0.3, -0.25) is 0 Å². The van der Waals surface area contributed by atoms with Crippen molar-refractivity contribution in [2.75, 3.05) is 20.2 Å². The third kappa shape index (κ3) is 3.07. The Bertz CT molecular complexity index is 590. The molecule has 2 rings (SSSR count). The molecule has 2 N–H and O–H groups in total. The van der Waals surface area contributed by atoms with Crippen LogP contribution in [-0.4, -0.2) is 39.0 Å². The number of piperidine rings is 1. The van der Waals surface area contributed by atoms with Gasteiger partial charge in [0.25, 0.3) is 0 Å². The number of methoxy groups -OCH3 is 1. The van der Waals surface area contributed by atoms with E-state index in [-0.39, 0.29) is 6.04 Å². The second-order valence-corrected chi connectivity index (χ2v) is 7.42. The zero-order valence-corrected chi connectivity index (χ0v) is 13.7. The molecule has 21 heavy (non-hydrogen) atoms. The lowest BCUT2D eigenvalue weighted by atomic mass is 10.1. The summed E-state index contributed by atoms with van der Waals surface area (Å²) in [5.74, 6) is 0.679. The van der Waals surface area contributed by atoms with Crippen molar-refractivity contribution < 1.29 is 13.2 Å². The Morgan fingerprint density at radius 2 is 1.90 bits per heavy atom. The van der Waals surface area contributed by atoms with Gasteiger partial charge in [0.1, 0.15) is 5.75 Å². The molecule has 0 radical (unpaired) electrons. The lowest BCUT2D eigenvalue weighted by Crippen LogP contribution is -2.47. The Balaban J connectivity index is 2.48. The molecule has 1 aromatic carbocycles. The molecule has 1 aromatic rings. The van der Waals surface area contributed by atoms with Gasteiger partial charge < -0.3 is 10.5 Å². The lowest BCUT2D eigenvalue weighted by Gasteiger charge is -2.34. The number of hydrogen-bond donors (Lipinski definition) is 1. The van der Waals surface area contributed by atoms with Gasteiger partial charge in [0.2, 0.25) is 10.0 Å². The minimum atomic E-state index is -3.51. The summed E-state index contributed by atoms with van der Waals surface area (Å²) in [6.07, 6.45) is 2.77. The van der Waals surface area contributed by atoms with Crippen LogP contribution >= 0.6 is 0 Å². The molecule has 0 bridgehead atoms. The van der Waals surface area contributed by atoms with Crippen molar-refractivity contribution in [1.82, 2.24) is 4.31 Å². The van der Waals surface area contributed by atoms with E-state index in [9.17, 15) is 8.42 Å². The molecule has 1 aliphatic rings. The van der Waals surface area contributed by atoms with Crippen molar-refractivity contribution in [2.45, 2.75) is 44.0 Å². The van der Waals surface area contributed by atoms with Gasteiger partial charge in [0, 0.05) is 19.1 Å². The Kier molecular flexibility index (Phi) is 4.91. The summed E-state index contributed by atoms with van der Waals surface area (Å²) in [5, 5.41) is 0. The first-order valence-electron chi connectivity index (χ1n) is 7.29. The highest BCUT2D eigenvalue weighted by molar-refractivity contribution is 7.89. The van der Waals surface area contributed by atoms with E-state index in [1.807, 2.05) is 13.8 Å². The molecular weight excluding hydrogens is 288 g/mol. The van der Waals surface area contributed by atoms with Gasteiger partial charge in [-0.1, -0.05) is 6.42 Å². The van der Waals surface area contributed by atoms with Crippen LogP contribution in [0.5, 0.6) is 5.75 Å². The Labute approximate surface area is 127 Å². The van der Waals surface area contributed by atoms with E-state index >= 15 is 0 Å². The number of nitrogens with two attached hydrogens (primary N) is 1. The topological polar surface area (TPSA) is 72.6 Å². The third-order valence-electron chi connectivity index (χ3n) is 4.08. The highest BCUT2D eigenvalue weighted by Crippen LogP contribution is 2.31. The van der Waals surface area contributed by atoms with Crippen molar-refractivity contribution in [1.29, 1.82) is 0 Å². The molecule has 6 heteroatoms. The first-order chi connectivity index (χ1) is 9.91. The van der Waals surface area contributed by atoms with Gasteiger partial charge in [-0.25, -0.2) is 8.42 Å². The van der Waals surface area contributed by atoms with E-state index < -0.39 is 10.0 Å². The second-order valence-electron chi connectivity index (χ2n) is 5.59. The predicted octanol–water partition coefficient (Wildman–Crippen LogP) is 1.81. The summed E-state index contributed by atoms with van der Waals surface area (Å²) in [7, 11) is -1.93. The van der Waals surface area contributed by atoms with Crippen molar-refractivity contribution in [3.05, 3.63) is 23.3 Å². The van der Waals surface area contributed by atoms with Crippen LogP contribution in [0.1, 0.15) is 30.4 Å². The van der Waals surface area contributed by atoms with Crippen LogP contribution in [0.3, 0.4) is 0 Å². The van der Waals surface area contributed by atoms with E-state index in [1.54, 1.807) is 23.5 Å². The fourth-order valence-corrected chi connectivity index (χ4v) is 5.20. The van der Waals surface area contributed by atoms with E-state index in [0.29, 0.717) is 34.9 Å². The first-order valence-corrected chi connectivity index (χ1v) is 8.73. The number of ether oxygens (including phenoxy) is 1. The second kappa shape index (κ2) is 6.34.